The van der Waals surface area contributed by atoms with E-state index in [9.17, 15) is 4.79 Å². The molecule has 0 aliphatic rings. The Bertz CT molecular complexity index is 974. The predicted octanol–water partition coefficient (Wildman–Crippen LogP) is 3.87. The van der Waals surface area contributed by atoms with E-state index >= 15 is 0 Å². The Morgan fingerprint density at radius 3 is 2.31 bits per heavy atom. The van der Waals surface area contributed by atoms with Gasteiger partial charge in [0.1, 0.15) is 12.0 Å². The molecule has 0 fully saturated rings. The molecular weight excluding hydrogens is 506 g/mol. The third kappa shape index (κ3) is 4.79. The fourth-order valence-corrected chi connectivity index (χ4v) is 2.25. The number of carbonyl (C=O) groups is 1. The van der Waals surface area contributed by atoms with Gasteiger partial charge >= 0.3 is 5.97 Å². The van der Waals surface area contributed by atoms with Gasteiger partial charge < -0.3 is 5.11 Å². The smallest absolute Gasteiger partial charge is 0.354 e. The molecule has 2 aromatic heterocycles. The number of benzene rings is 2. The van der Waals surface area contributed by atoms with Gasteiger partial charge in [-0.1, -0.05) is 24.3 Å². The average molecular weight is 521 g/mol. The van der Waals surface area contributed by atoms with Crippen LogP contribution in [-0.2, 0) is 20.1 Å². The molecule has 26 heavy (non-hydrogen) atoms. The first-order chi connectivity index (χ1) is 12.3. The van der Waals surface area contributed by atoms with Gasteiger partial charge in [-0.25, -0.2) is 14.8 Å². The van der Waals surface area contributed by atoms with E-state index in [0.717, 1.165) is 22.2 Å². The maximum absolute atomic E-state index is 10.1. The minimum Gasteiger partial charge on any atom is -0.477 e. The molecule has 5 nitrogen and oxygen atoms in total. The molecule has 1 N–H and O–H groups in total. The molecule has 4 aromatic rings. The van der Waals surface area contributed by atoms with E-state index in [-0.39, 0.29) is 25.8 Å². The van der Waals surface area contributed by atoms with Crippen molar-refractivity contribution in [3.8, 4) is 11.3 Å². The van der Waals surface area contributed by atoms with Crippen LogP contribution in [0.2, 0.25) is 0 Å². The molecule has 0 aliphatic heterocycles. The second-order valence-electron chi connectivity index (χ2n) is 5.04. The van der Waals surface area contributed by atoms with Crippen molar-refractivity contribution in [2.24, 2.45) is 0 Å². The van der Waals surface area contributed by atoms with E-state index in [0.29, 0.717) is 0 Å². The number of pyridine rings is 1. The summed E-state index contributed by atoms with van der Waals surface area (Å²) in [4.78, 5) is 22.3. The largest absolute Gasteiger partial charge is 0.477 e. The molecule has 0 saturated carbocycles. The van der Waals surface area contributed by atoms with Gasteiger partial charge in [-0.15, -0.1) is 35.9 Å². The summed E-state index contributed by atoms with van der Waals surface area (Å²) in [6.07, 6.45) is 3.04. The van der Waals surface area contributed by atoms with Crippen molar-refractivity contribution < 1.29 is 30.0 Å². The molecular formula is C20H14IrN3O2-. The fourth-order valence-electron chi connectivity index (χ4n) is 2.25. The van der Waals surface area contributed by atoms with Gasteiger partial charge in [-0.05, 0) is 29.3 Å². The van der Waals surface area contributed by atoms with Crippen molar-refractivity contribution in [1.29, 1.82) is 0 Å². The zero-order valence-corrected chi connectivity index (χ0v) is 15.9. The van der Waals surface area contributed by atoms with E-state index < -0.39 is 5.97 Å². The van der Waals surface area contributed by atoms with E-state index in [1.165, 1.54) is 12.3 Å². The number of hydrogen-bond acceptors (Lipinski definition) is 4. The Balaban J connectivity index is 0.000000210. The Kier molecular flexibility index (Phi) is 7.09. The third-order valence-electron chi connectivity index (χ3n) is 3.39. The number of rotatable bonds is 2. The van der Waals surface area contributed by atoms with Crippen LogP contribution in [0.25, 0.3) is 22.2 Å². The fraction of sp³-hybridized carbons (Fsp3) is 0. The molecule has 0 amide bonds. The van der Waals surface area contributed by atoms with Crippen LogP contribution in [0.3, 0.4) is 0 Å². The maximum atomic E-state index is 10.1. The number of para-hydroxylation sites is 1. The molecule has 0 spiro atoms. The summed E-state index contributed by atoms with van der Waals surface area (Å²) in [6.45, 7) is 0. The monoisotopic (exact) mass is 521 g/mol. The number of fused-ring (bicyclic) bond motifs is 1. The summed E-state index contributed by atoms with van der Waals surface area (Å²) < 4.78 is 0. The van der Waals surface area contributed by atoms with Gasteiger partial charge in [0.05, 0.1) is 5.52 Å². The summed E-state index contributed by atoms with van der Waals surface area (Å²) in [5, 5.41) is 9.38. The van der Waals surface area contributed by atoms with Crippen LogP contribution in [0.15, 0.2) is 79.3 Å². The van der Waals surface area contributed by atoms with Crippen LogP contribution in [0.5, 0.6) is 0 Å². The van der Waals surface area contributed by atoms with Gasteiger partial charge in [0.2, 0.25) is 0 Å². The van der Waals surface area contributed by atoms with E-state index in [4.69, 9.17) is 5.11 Å². The van der Waals surface area contributed by atoms with Gasteiger partial charge in [-0.3, -0.25) is 4.98 Å². The molecule has 0 bridgehead atoms. The van der Waals surface area contributed by atoms with Crippen molar-refractivity contribution in [2.45, 2.75) is 0 Å². The quantitative estimate of drug-likeness (QED) is 0.406. The second-order valence-corrected chi connectivity index (χ2v) is 5.04. The van der Waals surface area contributed by atoms with Gasteiger partial charge in [0.15, 0.2) is 0 Å². The molecule has 4 rings (SSSR count). The summed E-state index contributed by atoms with van der Waals surface area (Å²) in [7, 11) is 0. The molecule has 131 valence electrons. The summed E-state index contributed by atoms with van der Waals surface area (Å²) >= 11 is 0. The average Bonchev–Trinajstić information content (AvgIpc) is 2.69. The van der Waals surface area contributed by atoms with Gasteiger partial charge in [0.25, 0.3) is 0 Å². The Labute approximate surface area is 164 Å². The zero-order chi connectivity index (χ0) is 17.5. The van der Waals surface area contributed by atoms with Crippen LogP contribution in [0.1, 0.15) is 10.5 Å². The number of carboxylic acid groups (broad SMARTS) is 1. The van der Waals surface area contributed by atoms with Crippen molar-refractivity contribution in [1.82, 2.24) is 15.0 Å². The SMILES string of the molecule is O=C(O)c1ccccn1.[Ir].[c-]1ccccc1-c1ncnc2ccccc12. The van der Waals surface area contributed by atoms with E-state index in [1.807, 2.05) is 48.5 Å². The topological polar surface area (TPSA) is 76.0 Å². The Morgan fingerprint density at radius 1 is 0.885 bits per heavy atom. The van der Waals surface area contributed by atoms with Crippen molar-refractivity contribution >= 4 is 16.9 Å². The van der Waals surface area contributed by atoms with Crippen LogP contribution < -0.4 is 0 Å². The summed E-state index contributed by atoms with van der Waals surface area (Å²) in [5.74, 6) is -0.990. The molecule has 0 unspecified atom stereocenters. The zero-order valence-electron chi connectivity index (χ0n) is 13.5. The van der Waals surface area contributed by atoms with Crippen LogP contribution in [-0.4, -0.2) is 26.0 Å². The molecule has 6 heteroatoms. The first-order valence-electron chi connectivity index (χ1n) is 7.57. The molecule has 2 heterocycles. The molecule has 1 radical (unpaired) electrons. The van der Waals surface area contributed by atoms with Crippen LogP contribution in [0.4, 0.5) is 0 Å². The van der Waals surface area contributed by atoms with Crippen molar-refractivity contribution in [2.75, 3.05) is 0 Å². The van der Waals surface area contributed by atoms with Gasteiger partial charge in [-0.2, -0.15) is 0 Å². The standard InChI is InChI=1S/C14H9N2.C6H5NO2.Ir/c1-2-6-11(7-3-1)14-12-8-4-5-9-13(12)15-10-16-14;8-6(9)5-3-1-2-4-7-5;/h1-6,8-10H;1-4H,(H,8,9);/q-1;;. The summed E-state index contributed by atoms with van der Waals surface area (Å²) in [6, 6.07) is 23.8. The number of carboxylic acids is 1. The minimum absolute atomic E-state index is 0. The molecule has 0 saturated heterocycles. The molecule has 2 aromatic carbocycles. The number of nitrogens with zero attached hydrogens (tertiary/aromatic N) is 3. The third-order valence-corrected chi connectivity index (χ3v) is 3.39. The second kappa shape index (κ2) is 9.51. The van der Waals surface area contributed by atoms with Crippen LogP contribution >= 0.6 is 0 Å². The van der Waals surface area contributed by atoms with Crippen molar-refractivity contribution in [3.63, 3.8) is 0 Å². The summed E-state index contributed by atoms with van der Waals surface area (Å²) in [5.41, 5.74) is 2.98. The Morgan fingerprint density at radius 2 is 1.65 bits per heavy atom. The number of hydrogen-bond donors (Lipinski definition) is 1. The minimum atomic E-state index is -0.990. The maximum Gasteiger partial charge on any atom is 0.354 e. The predicted molar refractivity (Wildman–Crippen MR) is 95.0 cm³/mol. The van der Waals surface area contributed by atoms with E-state index in [1.54, 1.807) is 18.5 Å². The van der Waals surface area contributed by atoms with E-state index in [2.05, 4.69) is 21.0 Å². The molecule has 0 atom stereocenters. The van der Waals surface area contributed by atoms with Crippen molar-refractivity contribution in [3.05, 3.63) is 91.0 Å². The Hall–Kier alpha value is -2.95. The normalized spacial score (nSPS) is 9.54. The van der Waals surface area contributed by atoms with Crippen LogP contribution in [0, 0.1) is 6.07 Å². The van der Waals surface area contributed by atoms with Gasteiger partial charge in [0, 0.05) is 26.3 Å². The first kappa shape index (κ1) is 19.4. The number of aromatic nitrogens is 3. The molecule has 0 aliphatic carbocycles. The number of aromatic carboxylic acids is 1. The first-order valence-corrected chi connectivity index (χ1v) is 7.57.